The van der Waals surface area contributed by atoms with Crippen LogP contribution in [0.1, 0.15) is 37.1 Å². The van der Waals surface area contributed by atoms with Crippen molar-refractivity contribution in [1.29, 1.82) is 0 Å². The number of amides is 1. The van der Waals surface area contributed by atoms with Crippen LogP contribution in [0.25, 0.3) is 0 Å². The number of nitrogens with zero attached hydrogens (tertiary/aromatic N) is 3. The molecule has 27 heavy (non-hydrogen) atoms. The van der Waals surface area contributed by atoms with Gasteiger partial charge in [0.2, 0.25) is 5.91 Å². The maximum absolute atomic E-state index is 12.4. The van der Waals surface area contributed by atoms with Gasteiger partial charge < -0.3 is 4.90 Å². The molecular weight excluding hydrogens is 377 g/mol. The van der Waals surface area contributed by atoms with Crippen LogP contribution in [-0.2, 0) is 4.79 Å². The Kier molecular flexibility index (Phi) is 8.43. The van der Waals surface area contributed by atoms with Crippen LogP contribution in [0.15, 0.2) is 48.8 Å². The number of carbonyl (C=O) groups is 1. The van der Waals surface area contributed by atoms with E-state index in [9.17, 15) is 4.79 Å². The summed E-state index contributed by atoms with van der Waals surface area (Å²) in [5.74, 6) is 0.220. The number of benzene rings is 1. The van der Waals surface area contributed by atoms with Gasteiger partial charge in [0.15, 0.2) is 0 Å². The highest BCUT2D eigenvalue weighted by Gasteiger charge is 2.36. The van der Waals surface area contributed by atoms with Crippen LogP contribution in [0.4, 0.5) is 0 Å². The minimum atomic E-state index is -0.00577. The van der Waals surface area contributed by atoms with Crippen LogP contribution >= 0.6 is 19.8 Å². The number of likely N-dealkylation sites (N-methyl/N-ethyl adjacent to an activating group) is 1. The molecule has 0 bridgehead atoms. The highest BCUT2D eigenvalue weighted by atomic mass is 35.5. The number of aromatic nitrogens is 1. The molecule has 1 unspecified atom stereocenters. The van der Waals surface area contributed by atoms with Crippen LogP contribution < -0.4 is 0 Å². The zero-order valence-corrected chi connectivity index (χ0v) is 18.0. The number of carbonyl (C=O) groups excluding carboxylic acids is 1. The topological polar surface area (TPSA) is 36.4 Å². The Hall–Kier alpha value is -1.74. The van der Waals surface area contributed by atoms with Crippen molar-refractivity contribution >= 4 is 31.1 Å². The van der Waals surface area contributed by atoms with E-state index in [0.717, 1.165) is 23.6 Å². The molecule has 1 saturated heterocycles. The molecule has 144 valence electrons. The Bertz CT molecular complexity index is 765. The molecule has 2 heterocycles. The molecule has 1 aliphatic heterocycles. The second-order valence-corrected chi connectivity index (χ2v) is 7.88. The van der Waals surface area contributed by atoms with E-state index >= 15 is 0 Å². The Morgan fingerprint density at radius 3 is 2.48 bits per heavy atom. The summed E-state index contributed by atoms with van der Waals surface area (Å²) in [6.45, 7) is 6.89. The second-order valence-electron chi connectivity index (χ2n) is 6.48. The minimum Gasteiger partial charge on any atom is -0.317 e. The number of halogens is 1. The molecule has 6 heteroatoms. The van der Waals surface area contributed by atoms with Gasteiger partial charge in [-0.05, 0) is 56.4 Å². The van der Waals surface area contributed by atoms with Gasteiger partial charge in [-0.25, -0.2) is 0 Å². The summed E-state index contributed by atoms with van der Waals surface area (Å²) in [5.41, 5.74) is 3.59. The van der Waals surface area contributed by atoms with Gasteiger partial charge in [-0.1, -0.05) is 44.9 Å². The standard InChI is InChI=1S/C15H20ClN2OP.C6H7N/c1-4-5-13(19)18-10-14(20-3)17(2)15(18)11-6-8-12(16)9-7-11;1-6-3-2-4-7-5-6/h6-9,15H,4-5,10H2,1-3H3;2-5H,1H3. The smallest absolute Gasteiger partial charge is 0.224 e. The van der Waals surface area contributed by atoms with Crippen LogP contribution in [0, 0.1) is 6.92 Å². The summed E-state index contributed by atoms with van der Waals surface area (Å²) >= 11 is 5.96. The monoisotopic (exact) mass is 403 g/mol. The van der Waals surface area contributed by atoms with Crippen molar-refractivity contribution in [2.45, 2.75) is 32.9 Å². The normalized spacial score (nSPS) is 18.3. The van der Waals surface area contributed by atoms with Gasteiger partial charge in [0, 0.05) is 29.3 Å². The molecule has 0 N–H and O–H groups in total. The maximum Gasteiger partial charge on any atom is 0.224 e. The lowest BCUT2D eigenvalue weighted by atomic mass is 10.1. The molecule has 1 atom stereocenters. The molecule has 4 nitrogen and oxygen atoms in total. The van der Waals surface area contributed by atoms with Gasteiger partial charge in [-0.3, -0.25) is 14.7 Å². The molecule has 3 rings (SSSR count). The van der Waals surface area contributed by atoms with Gasteiger partial charge in [-0.2, -0.15) is 0 Å². The largest absolute Gasteiger partial charge is 0.317 e. The van der Waals surface area contributed by atoms with Crippen LogP contribution in [0.3, 0.4) is 0 Å². The molecule has 1 aliphatic rings. The summed E-state index contributed by atoms with van der Waals surface area (Å²) in [4.78, 5) is 20.4. The first-order valence-electron chi connectivity index (χ1n) is 9.08. The SMILES string of the molecule is CCCC(=O)N1CC(=PC)N(C)C1c1ccc(Cl)cc1.Cc1cccnc1. The Labute approximate surface area is 169 Å². The van der Waals surface area contributed by atoms with E-state index in [1.807, 2.05) is 61.3 Å². The number of pyridine rings is 1. The van der Waals surface area contributed by atoms with Crippen LogP contribution in [0.5, 0.6) is 0 Å². The molecule has 1 aromatic heterocycles. The van der Waals surface area contributed by atoms with E-state index in [0.29, 0.717) is 6.42 Å². The fraction of sp³-hybridized carbons (Fsp3) is 0.381. The fourth-order valence-corrected chi connectivity index (χ4v) is 3.84. The fourth-order valence-electron chi connectivity index (χ4n) is 3.00. The first-order valence-corrected chi connectivity index (χ1v) is 10.8. The molecule has 0 aliphatic carbocycles. The van der Waals surface area contributed by atoms with Gasteiger partial charge in [0.05, 0.1) is 6.54 Å². The second kappa shape index (κ2) is 10.6. The average molecular weight is 404 g/mol. The summed E-state index contributed by atoms with van der Waals surface area (Å²) < 4.78 is 0. The summed E-state index contributed by atoms with van der Waals surface area (Å²) in [5, 5.41) is 0.721. The first-order chi connectivity index (χ1) is 13.0. The molecule has 2 aromatic rings. The van der Waals surface area contributed by atoms with Gasteiger partial charge in [-0.15, -0.1) is 0 Å². The molecule has 0 spiro atoms. The number of aryl methyl sites for hydroxylation is 1. The lowest BCUT2D eigenvalue weighted by Crippen LogP contribution is -2.33. The van der Waals surface area contributed by atoms with Crippen molar-refractivity contribution in [2.24, 2.45) is 0 Å². The molecule has 1 amide bonds. The average Bonchev–Trinajstić information content (AvgIpc) is 3.00. The maximum atomic E-state index is 12.4. The predicted octanol–water partition coefficient (Wildman–Crippen LogP) is 5.01. The van der Waals surface area contributed by atoms with Crippen molar-refractivity contribution in [2.75, 3.05) is 20.3 Å². The minimum absolute atomic E-state index is 0.00577. The third-order valence-electron chi connectivity index (χ3n) is 4.40. The zero-order valence-electron chi connectivity index (χ0n) is 16.4. The van der Waals surface area contributed by atoms with E-state index in [-0.39, 0.29) is 12.1 Å². The van der Waals surface area contributed by atoms with E-state index in [1.165, 1.54) is 19.2 Å². The highest BCUT2D eigenvalue weighted by molar-refractivity contribution is 7.39. The Morgan fingerprint density at radius 1 is 1.30 bits per heavy atom. The van der Waals surface area contributed by atoms with Crippen molar-refractivity contribution in [3.63, 3.8) is 0 Å². The molecule has 1 fully saturated rings. The summed E-state index contributed by atoms with van der Waals surface area (Å²) in [6, 6.07) is 11.7. The van der Waals surface area contributed by atoms with Crippen molar-refractivity contribution in [3.05, 3.63) is 64.9 Å². The number of hydrogen-bond donors (Lipinski definition) is 0. The Balaban J connectivity index is 0.000000313. The van der Waals surface area contributed by atoms with Gasteiger partial charge >= 0.3 is 0 Å². The third-order valence-corrected chi connectivity index (χ3v) is 5.63. The van der Waals surface area contributed by atoms with E-state index in [1.54, 1.807) is 6.20 Å². The van der Waals surface area contributed by atoms with Gasteiger partial charge in [0.25, 0.3) is 0 Å². The van der Waals surface area contributed by atoms with Gasteiger partial charge in [0.1, 0.15) is 6.17 Å². The summed E-state index contributed by atoms with van der Waals surface area (Å²) in [7, 11) is 3.27. The van der Waals surface area contributed by atoms with E-state index in [2.05, 4.69) is 23.6 Å². The van der Waals surface area contributed by atoms with E-state index in [4.69, 9.17) is 11.6 Å². The molecule has 0 radical (unpaired) electrons. The molecule has 1 aromatic carbocycles. The molecular formula is C21H27ClN3OP. The van der Waals surface area contributed by atoms with E-state index < -0.39 is 0 Å². The Morgan fingerprint density at radius 2 is 2.00 bits per heavy atom. The number of rotatable bonds is 3. The quantitative estimate of drug-likeness (QED) is 0.676. The zero-order chi connectivity index (χ0) is 19.8. The lowest BCUT2D eigenvalue weighted by molar-refractivity contribution is -0.133. The first kappa shape index (κ1) is 21.6. The van der Waals surface area contributed by atoms with Crippen molar-refractivity contribution in [3.8, 4) is 0 Å². The number of hydrogen-bond acceptors (Lipinski definition) is 2. The highest BCUT2D eigenvalue weighted by Crippen LogP contribution is 2.32. The molecule has 0 saturated carbocycles. The van der Waals surface area contributed by atoms with Crippen LogP contribution in [0.2, 0.25) is 5.02 Å². The van der Waals surface area contributed by atoms with Crippen LogP contribution in [-0.4, -0.2) is 46.4 Å². The summed E-state index contributed by atoms with van der Waals surface area (Å²) in [6.07, 6.45) is 5.08. The van der Waals surface area contributed by atoms with Crippen molar-refractivity contribution in [1.82, 2.24) is 14.8 Å². The predicted molar refractivity (Wildman–Crippen MR) is 115 cm³/mol. The lowest BCUT2D eigenvalue weighted by Gasteiger charge is -2.28. The third kappa shape index (κ3) is 5.87. The van der Waals surface area contributed by atoms with Crippen molar-refractivity contribution < 1.29 is 4.79 Å².